The summed E-state index contributed by atoms with van der Waals surface area (Å²) in [7, 11) is 0. The van der Waals surface area contributed by atoms with E-state index in [0.717, 1.165) is 6.07 Å². The molecule has 1 aromatic carbocycles. The van der Waals surface area contributed by atoms with Gasteiger partial charge in [-0.25, -0.2) is 9.18 Å². The van der Waals surface area contributed by atoms with Crippen molar-refractivity contribution < 1.29 is 14.0 Å². The number of fused-ring (bicyclic) bond motifs is 1. The molecule has 2 aliphatic rings. The summed E-state index contributed by atoms with van der Waals surface area (Å²) in [6.07, 6.45) is 0. The van der Waals surface area contributed by atoms with Crippen LogP contribution in [-0.2, 0) is 0 Å². The van der Waals surface area contributed by atoms with E-state index in [2.05, 4.69) is 5.32 Å². The number of nitrogens with zero attached hydrogens (tertiary/aromatic N) is 2. The highest BCUT2D eigenvalue weighted by molar-refractivity contribution is 5.99. The zero-order valence-electron chi connectivity index (χ0n) is 11.3. The van der Waals surface area contributed by atoms with Gasteiger partial charge in [0.05, 0.1) is 17.3 Å². The lowest BCUT2D eigenvalue weighted by Gasteiger charge is -2.38. The molecule has 8 heteroatoms. The predicted octanol–water partition coefficient (Wildman–Crippen LogP) is -0.279. The first-order valence-corrected chi connectivity index (χ1v) is 6.65. The van der Waals surface area contributed by atoms with E-state index in [0.29, 0.717) is 26.2 Å². The summed E-state index contributed by atoms with van der Waals surface area (Å²) >= 11 is 0. The van der Waals surface area contributed by atoms with Crippen molar-refractivity contribution in [2.75, 3.05) is 36.8 Å². The van der Waals surface area contributed by atoms with Crippen molar-refractivity contribution in [3.05, 3.63) is 23.5 Å². The highest BCUT2D eigenvalue weighted by Crippen LogP contribution is 2.28. The highest BCUT2D eigenvalue weighted by Gasteiger charge is 2.36. The Balaban J connectivity index is 1.89. The molecule has 3 amide bonds. The summed E-state index contributed by atoms with van der Waals surface area (Å²) in [6, 6.07) is 2.41. The smallest absolute Gasteiger partial charge is 0.317 e. The van der Waals surface area contributed by atoms with Gasteiger partial charge in [0.25, 0.3) is 5.91 Å². The lowest BCUT2D eigenvalue weighted by atomic mass is 10.1. The van der Waals surface area contributed by atoms with Crippen molar-refractivity contribution in [1.29, 1.82) is 0 Å². The standard InChI is InChI=1S/C13H16FN5O2/c14-9-4-10(15)8(12(16)20)3-11(9)18-1-2-19-7(6-18)5-17-13(19)21/h3-4,7H,1-2,5-6,15H2,(H2,16,20)(H,17,21). The fraction of sp³-hybridized carbons (Fsp3) is 0.385. The van der Waals surface area contributed by atoms with Crippen molar-refractivity contribution in [3.8, 4) is 0 Å². The lowest BCUT2D eigenvalue weighted by Crippen LogP contribution is -2.52. The predicted molar refractivity (Wildman–Crippen MR) is 75.4 cm³/mol. The van der Waals surface area contributed by atoms with Gasteiger partial charge in [-0.1, -0.05) is 0 Å². The van der Waals surface area contributed by atoms with Gasteiger partial charge in [0.2, 0.25) is 0 Å². The van der Waals surface area contributed by atoms with Crippen LogP contribution >= 0.6 is 0 Å². The number of halogens is 1. The molecule has 0 bridgehead atoms. The highest BCUT2D eigenvalue weighted by atomic mass is 19.1. The molecule has 2 aliphatic heterocycles. The Morgan fingerprint density at radius 1 is 1.38 bits per heavy atom. The maximum atomic E-state index is 14.1. The number of nitrogens with one attached hydrogen (secondary N) is 1. The molecule has 3 rings (SSSR count). The topological polar surface area (TPSA) is 105 Å². The van der Waals surface area contributed by atoms with Gasteiger partial charge in [-0.2, -0.15) is 0 Å². The lowest BCUT2D eigenvalue weighted by molar-refractivity contribution is 0.100. The number of primary amides is 1. The van der Waals surface area contributed by atoms with Gasteiger partial charge in [0, 0.05) is 31.9 Å². The number of benzene rings is 1. The van der Waals surface area contributed by atoms with E-state index in [-0.39, 0.29) is 29.0 Å². The summed E-state index contributed by atoms with van der Waals surface area (Å²) in [4.78, 5) is 26.4. The van der Waals surface area contributed by atoms with Gasteiger partial charge in [0.1, 0.15) is 5.82 Å². The first kappa shape index (κ1) is 13.5. The number of carbonyl (C=O) groups is 2. The zero-order valence-corrected chi connectivity index (χ0v) is 11.3. The molecule has 0 spiro atoms. The monoisotopic (exact) mass is 293 g/mol. The van der Waals surface area contributed by atoms with Crippen molar-refractivity contribution >= 4 is 23.3 Å². The average molecular weight is 293 g/mol. The summed E-state index contributed by atoms with van der Waals surface area (Å²) in [6.45, 7) is 2.03. The first-order chi connectivity index (χ1) is 9.97. The largest absolute Gasteiger partial charge is 0.398 e. The normalized spacial score (nSPS) is 21.2. The third-order valence-electron chi connectivity index (χ3n) is 3.96. The molecule has 1 aromatic rings. The molecule has 112 valence electrons. The van der Waals surface area contributed by atoms with Gasteiger partial charge < -0.3 is 26.6 Å². The van der Waals surface area contributed by atoms with Gasteiger partial charge in [0.15, 0.2) is 0 Å². The van der Waals surface area contributed by atoms with E-state index >= 15 is 0 Å². The Morgan fingerprint density at radius 2 is 2.14 bits per heavy atom. The molecule has 1 unspecified atom stereocenters. The summed E-state index contributed by atoms with van der Waals surface area (Å²) in [5.74, 6) is -1.19. The SMILES string of the molecule is NC(=O)c1cc(N2CCN3C(=O)NCC3C2)c(F)cc1N. The zero-order chi connectivity index (χ0) is 15.1. The summed E-state index contributed by atoms with van der Waals surface area (Å²) in [5, 5.41) is 2.76. The fourth-order valence-corrected chi connectivity index (χ4v) is 2.86. The maximum Gasteiger partial charge on any atom is 0.317 e. The second kappa shape index (κ2) is 4.80. The molecule has 2 heterocycles. The molecule has 1 atom stereocenters. The van der Waals surface area contributed by atoms with Crippen LogP contribution in [0.3, 0.4) is 0 Å². The Morgan fingerprint density at radius 3 is 2.86 bits per heavy atom. The van der Waals surface area contributed by atoms with Crippen molar-refractivity contribution in [1.82, 2.24) is 10.2 Å². The number of hydrogen-bond donors (Lipinski definition) is 3. The third kappa shape index (κ3) is 2.22. The molecule has 7 nitrogen and oxygen atoms in total. The average Bonchev–Trinajstić information content (AvgIpc) is 2.79. The van der Waals surface area contributed by atoms with E-state index < -0.39 is 11.7 Å². The number of piperazine rings is 1. The molecule has 0 radical (unpaired) electrons. The van der Waals surface area contributed by atoms with E-state index in [1.54, 1.807) is 4.90 Å². The molecule has 2 fully saturated rings. The number of hydrogen-bond acceptors (Lipinski definition) is 4. The van der Waals surface area contributed by atoms with Gasteiger partial charge in [-0.15, -0.1) is 0 Å². The summed E-state index contributed by atoms with van der Waals surface area (Å²) < 4.78 is 14.1. The number of rotatable bonds is 2. The third-order valence-corrected chi connectivity index (χ3v) is 3.96. The molecule has 2 saturated heterocycles. The molecular formula is C13H16FN5O2. The number of nitrogens with two attached hydrogens (primary N) is 2. The van der Waals surface area contributed by atoms with Gasteiger partial charge in [-0.05, 0) is 12.1 Å². The molecule has 5 N–H and O–H groups in total. The van der Waals surface area contributed by atoms with E-state index in [9.17, 15) is 14.0 Å². The van der Waals surface area contributed by atoms with Crippen LogP contribution in [0.4, 0.5) is 20.6 Å². The van der Waals surface area contributed by atoms with Crippen LogP contribution < -0.4 is 21.7 Å². The number of carbonyl (C=O) groups excluding carboxylic acids is 2. The van der Waals surface area contributed by atoms with Crippen LogP contribution in [0.25, 0.3) is 0 Å². The second-order valence-electron chi connectivity index (χ2n) is 5.23. The van der Waals surface area contributed by atoms with Crippen LogP contribution in [0.15, 0.2) is 12.1 Å². The van der Waals surface area contributed by atoms with Crippen molar-refractivity contribution in [2.24, 2.45) is 5.73 Å². The van der Waals surface area contributed by atoms with E-state index in [1.807, 2.05) is 4.90 Å². The van der Waals surface area contributed by atoms with E-state index in [4.69, 9.17) is 11.5 Å². The number of anilines is 2. The van der Waals surface area contributed by atoms with Crippen LogP contribution in [-0.4, -0.2) is 49.1 Å². The van der Waals surface area contributed by atoms with Crippen LogP contribution in [0.1, 0.15) is 10.4 Å². The molecule has 0 aliphatic carbocycles. The minimum Gasteiger partial charge on any atom is -0.398 e. The van der Waals surface area contributed by atoms with Crippen LogP contribution in [0.2, 0.25) is 0 Å². The Hall–Kier alpha value is -2.51. The minimum absolute atomic E-state index is 0.000214. The Labute approximate surface area is 120 Å². The Kier molecular flexibility index (Phi) is 3.08. The molecule has 0 saturated carbocycles. The molecular weight excluding hydrogens is 277 g/mol. The van der Waals surface area contributed by atoms with Crippen molar-refractivity contribution in [3.63, 3.8) is 0 Å². The maximum absolute atomic E-state index is 14.1. The first-order valence-electron chi connectivity index (χ1n) is 6.65. The number of nitrogen functional groups attached to an aromatic ring is 1. The number of urea groups is 1. The molecule has 21 heavy (non-hydrogen) atoms. The quantitative estimate of drug-likeness (QED) is 0.652. The number of amides is 3. The van der Waals surface area contributed by atoms with Crippen molar-refractivity contribution in [2.45, 2.75) is 6.04 Å². The summed E-state index contributed by atoms with van der Waals surface area (Å²) in [5.41, 5.74) is 11.3. The van der Waals surface area contributed by atoms with Crippen LogP contribution in [0, 0.1) is 5.82 Å². The van der Waals surface area contributed by atoms with E-state index in [1.165, 1.54) is 6.07 Å². The van der Waals surface area contributed by atoms with Crippen LogP contribution in [0.5, 0.6) is 0 Å². The second-order valence-corrected chi connectivity index (χ2v) is 5.23. The minimum atomic E-state index is -0.690. The van der Waals surface area contributed by atoms with Gasteiger partial charge >= 0.3 is 6.03 Å². The fourth-order valence-electron chi connectivity index (χ4n) is 2.86. The van der Waals surface area contributed by atoms with Gasteiger partial charge in [-0.3, -0.25) is 4.79 Å². The Bertz CT molecular complexity index is 621. The molecule has 0 aromatic heterocycles.